The van der Waals surface area contributed by atoms with Gasteiger partial charge in [-0.1, -0.05) is 0 Å². The second-order valence-electron chi connectivity index (χ2n) is 5.83. The van der Waals surface area contributed by atoms with Crippen LogP contribution in [0.25, 0.3) is 0 Å². The summed E-state index contributed by atoms with van der Waals surface area (Å²) in [7, 11) is 0. The number of carbonyl (C=O) groups excluding carboxylic acids is 4. The van der Waals surface area contributed by atoms with Gasteiger partial charge in [0.15, 0.2) is 0 Å². The van der Waals surface area contributed by atoms with Gasteiger partial charge in [0.05, 0.1) is 19.4 Å². The number of aliphatic carboxylic acids is 2. The van der Waals surface area contributed by atoms with E-state index in [1.54, 1.807) is 6.26 Å². The molecule has 0 saturated carbocycles. The summed E-state index contributed by atoms with van der Waals surface area (Å²) in [5.41, 5.74) is 10.2. The van der Waals surface area contributed by atoms with Gasteiger partial charge in [0, 0.05) is 0 Å². The summed E-state index contributed by atoms with van der Waals surface area (Å²) in [6, 6.07) is -4.41. The van der Waals surface area contributed by atoms with Crippen molar-refractivity contribution in [2.45, 2.75) is 37.4 Å². The van der Waals surface area contributed by atoms with Gasteiger partial charge in [-0.2, -0.15) is 11.8 Å². The highest BCUT2D eigenvalue weighted by atomic mass is 32.2. The predicted octanol–water partition coefficient (Wildman–Crippen LogP) is -3.41. The number of carboxylic acids is 2. The van der Waals surface area contributed by atoms with Crippen LogP contribution in [0.3, 0.4) is 0 Å². The number of hydrogen-bond acceptors (Lipinski definition) is 8. The molecule has 0 bridgehead atoms. The number of rotatable bonds is 14. The van der Waals surface area contributed by atoms with Gasteiger partial charge in [0.2, 0.25) is 23.6 Å². The maximum Gasteiger partial charge on any atom is 0.326 e. The average molecular weight is 435 g/mol. The minimum Gasteiger partial charge on any atom is -0.481 e. The van der Waals surface area contributed by atoms with E-state index in [0.717, 1.165) is 0 Å². The lowest BCUT2D eigenvalue weighted by Crippen LogP contribution is -2.57. The number of carbonyl (C=O) groups is 6. The Morgan fingerprint density at radius 1 is 0.897 bits per heavy atom. The van der Waals surface area contributed by atoms with Gasteiger partial charge >= 0.3 is 11.9 Å². The molecule has 164 valence electrons. The Kier molecular flexibility index (Phi) is 12.0. The molecule has 0 rings (SSSR count). The number of nitrogens with one attached hydrogen (secondary N) is 3. The van der Waals surface area contributed by atoms with Crippen LogP contribution in [0, 0.1) is 0 Å². The first-order chi connectivity index (χ1) is 13.5. The Morgan fingerprint density at radius 2 is 1.41 bits per heavy atom. The Hall–Kier alpha value is -2.87. The minimum absolute atomic E-state index is 0.0909. The zero-order valence-corrected chi connectivity index (χ0v) is 16.5. The maximum absolute atomic E-state index is 12.4. The average Bonchev–Trinajstić information content (AvgIpc) is 2.62. The molecule has 0 aliphatic rings. The summed E-state index contributed by atoms with van der Waals surface area (Å²) < 4.78 is 0. The fourth-order valence-electron chi connectivity index (χ4n) is 2.09. The van der Waals surface area contributed by atoms with E-state index in [9.17, 15) is 33.9 Å². The summed E-state index contributed by atoms with van der Waals surface area (Å²) in [6.45, 7) is -0.510. The number of primary amides is 1. The van der Waals surface area contributed by atoms with E-state index < -0.39 is 73.1 Å². The van der Waals surface area contributed by atoms with Crippen LogP contribution < -0.4 is 27.4 Å². The fourth-order valence-corrected chi connectivity index (χ4v) is 2.56. The zero-order chi connectivity index (χ0) is 22.6. The second kappa shape index (κ2) is 13.3. The van der Waals surface area contributed by atoms with E-state index in [-0.39, 0.29) is 6.42 Å². The van der Waals surface area contributed by atoms with Crippen molar-refractivity contribution in [1.29, 1.82) is 0 Å². The fraction of sp³-hybridized carbons (Fsp3) is 0.600. The van der Waals surface area contributed by atoms with Crippen LogP contribution in [0.5, 0.6) is 0 Å². The topological polar surface area (TPSA) is 231 Å². The monoisotopic (exact) mass is 435 g/mol. The molecule has 0 aromatic heterocycles. The molecule has 4 amide bonds. The smallest absolute Gasteiger partial charge is 0.326 e. The summed E-state index contributed by atoms with van der Waals surface area (Å²) in [4.78, 5) is 69.6. The van der Waals surface area contributed by atoms with Crippen molar-refractivity contribution < 1.29 is 39.0 Å². The van der Waals surface area contributed by atoms with Crippen molar-refractivity contribution in [2.24, 2.45) is 11.5 Å². The number of carboxylic acid groups (broad SMARTS) is 2. The van der Waals surface area contributed by atoms with Gasteiger partial charge in [-0.15, -0.1) is 0 Å². The summed E-state index contributed by atoms with van der Waals surface area (Å²) >= 11 is 1.36. The third-order valence-corrected chi connectivity index (χ3v) is 4.12. The first-order valence-corrected chi connectivity index (χ1v) is 9.73. The Balaban J connectivity index is 5.36. The molecule has 0 aliphatic heterocycles. The van der Waals surface area contributed by atoms with Crippen LogP contribution in [0.2, 0.25) is 0 Å². The van der Waals surface area contributed by atoms with Crippen LogP contribution >= 0.6 is 11.8 Å². The summed E-state index contributed by atoms with van der Waals surface area (Å²) in [5.74, 6) is -6.16. The molecule has 0 radical (unpaired) electrons. The van der Waals surface area contributed by atoms with Crippen LogP contribution in [-0.4, -0.2) is 82.5 Å². The molecule has 0 spiro atoms. The van der Waals surface area contributed by atoms with E-state index in [2.05, 4.69) is 16.0 Å². The van der Waals surface area contributed by atoms with Gasteiger partial charge in [-0.25, -0.2) is 4.79 Å². The number of nitrogens with two attached hydrogens (primary N) is 2. The standard InChI is InChI=1S/C15H25N5O8S/c1-29-3-2-7(15(27)28)19-13(25)8(4-10(17)21)20-14(26)9(5-12(23)24)18-11(22)6-16/h7-9H,2-6,16H2,1H3,(H2,17,21)(H,18,22)(H,19,25)(H,20,26)(H,23,24)(H,27,28). The van der Waals surface area contributed by atoms with E-state index in [1.807, 2.05) is 0 Å². The highest BCUT2D eigenvalue weighted by Gasteiger charge is 2.31. The largest absolute Gasteiger partial charge is 0.481 e. The van der Waals surface area contributed by atoms with Crippen LogP contribution in [0.4, 0.5) is 0 Å². The van der Waals surface area contributed by atoms with Crippen LogP contribution in [0.1, 0.15) is 19.3 Å². The maximum atomic E-state index is 12.4. The lowest BCUT2D eigenvalue weighted by Gasteiger charge is -2.23. The molecule has 13 nitrogen and oxygen atoms in total. The first-order valence-electron chi connectivity index (χ1n) is 8.33. The van der Waals surface area contributed by atoms with Crippen molar-refractivity contribution in [3.63, 3.8) is 0 Å². The number of hydrogen-bond donors (Lipinski definition) is 7. The van der Waals surface area contributed by atoms with Crippen molar-refractivity contribution in [3.05, 3.63) is 0 Å². The van der Waals surface area contributed by atoms with Gasteiger partial charge in [0.25, 0.3) is 0 Å². The number of thioether (sulfide) groups is 1. The highest BCUT2D eigenvalue weighted by Crippen LogP contribution is 2.03. The molecule has 0 heterocycles. The van der Waals surface area contributed by atoms with Crippen molar-refractivity contribution >= 4 is 47.3 Å². The SMILES string of the molecule is CSCCC(NC(=O)C(CC(N)=O)NC(=O)C(CC(=O)O)NC(=O)CN)C(=O)O. The van der Waals surface area contributed by atoms with Gasteiger partial charge in [-0.3, -0.25) is 24.0 Å². The Morgan fingerprint density at radius 3 is 1.83 bits per heavy atom. The molecule has 29 heavy (non-hydrogen) atoms. The minimum atomic E-state index is -1.57. The van der Waals surface area contributed by atoms with Crippen LogP contribution in [-0.2, 0) is 28.8 Å². The van der Waals surface area contributed by atoms with E-state index in [0.29, 0.717) is 5.75 Å². The molecule has 3 unspecified atom stereocenters. The van der Waals surface area contributed by atoms with Crippen molar-refractivity contribution in [2.75, 3.05) is 18.6 Å². The van der Waals surface area contributed by atoms with E-state index in [1.165, 1.54) is 11.8 Å². The van der Waals surface area contributed by atoms with Gasteiger partial charge in [0.1, 0.15) is 18.1 Å². The second-order valence-corrected chi connectivity index (χ2v) is 6.82. The molecule has 0 aliphatic carbocycles. The molecule has 0 saturated heterocycles. The van der Waals surface area contributed by atoms with E-state index >= 15 is 0 Å². The zero-order valence-electron chi connectivity index (χ0n) is 15.7. The van der Waals surface area contributed by atoms with E-state index in [4.69, 9.17) is 16.6 Å². The normalized spacial score (nSPS) is 13.4. The highest BCUT2D eigenvalue weighted by molar-refractivity contribution is 7.98. The lowest BCUT2D eigenvalue weighted by atomic mass is 10.1. The predicted molar refractivity (Wildman–Crippen MR) is 102 cm³/mol. The third-order valence-electron chi connectivity index (χ3n) is 3.48. The summed E-state index contributed by atoms with van der Waals surface area (Å²) in [6.07, 6.45) is 0.355. The Bertz CT molecular complexity index is 644. The van der Waals surface area contributed by atoms with Crippen LogP contribution in [0.15, 0.2) is 0 Å². The molecule has 0 aromatic carbocycles. The Labute approximate surface area is 170 Å². The third kappa shape index (κ3) is 10.9. The van der Waals surface area contributed by atoms with Crippen molar-refractivity contribution in [1.82, 2.24) is 16.0 Å². The molecule has 14 heteroatoms. The van der Waals surface area contributed by atoms with Gasteiger partial charge < -0.3 is 37.6 Å². The molecular weight excluding hydrogens is 410 g/mol. The lowest BCUT2D eigenvalue weighted by molar-refractivity contribution is -0.143. The molecular formula is C15H25N5O8S. The van der Waals surface area contributed by atoms with Gasteiger partial charge in [-0.05, 0) is 18.4 Å². The molecule has 0 fully saturated rings. The summed E-state index contributed by atoms with van der Waals surface area (Å²) in [5, 5.41) is 24.5. The van der Waals surface area contributed by atoms with Crippen molar-refractivity contribution in [3.8, 4) is 0 Å². The molecule has 0 aromatic rings. The first kappa shape index (κ1) is 26.1. The number of amides is 4. The molecule has 9 N–H and O–H groups in total. The quantitative estimate of drug-likeness (QED) is 0.143. The molecule has 3 atom stereocenters.